The van der Waals surface area contributed by atoms with Crippen molar-refractivity contribution < 1.29 is 27.5 Å². The second-order valence-corrected chi connectivity index (χ2v) is 8.85. The topological polar surface area (TPSA) is 135 Å². The third kappa shape index (κ3) is 7.29. The zero-order valence-electron chi connectivity index (χ0n) is 16.8. The lowest BCUT2D eigenvalue weighted by atomic mass is 10.3. The molecule has 2 aromatic carbocycles. The van der Waals surface area contributed by atoms with Crippen molar-refractivity contribution in [2.45, 2.75) is 22.8 Å². The number of para-hydroxylation sites is 1. The smallest absolute Gasteiger partial charge is 0.324 e. The fraction of sp³-hybridized carbons (Fsp3) is 0.250. The van der Waals surface area contributed by atoms with Gasteiger partial charge in [-0.1, -0.05) is 12.1 Å². The Morgan fingerprint density at radius 1 is 1.16 bits per heavy atom. The molecular formula is C20H21N3O6S2. The Labute approximate surface area is 184 Å². The molecule has 31 heavy (non-hydrogen) atoms. The van der Waals surface area contributed by atoms with E-state index in [4.69, 9.17) is 14.7 Å². The van der Waals surface area contributed by atoms with Crippen molar-refractivity contribution in [1.29, 1.82) is 5.26 Å². The van der Waals surface area contributed by atoms with Crippen LogP contribution in [0.25, 0.3) is 0 Å². The van der Waals surface area contributed by atoms with Crippen LogP contribution in [0, 0.1) is 11.3 Å². The fourth-order valence-electron chi connectivity index (χ4n) is 2.36. The summed E-state index contributed by atoms with van der Waals surface area (Å²) in [6.45, 7) is 0.722. The van der Waals surface area contributed by atoms with Gasteiger partial charge in [-0.25, -0.2) is 8.42 Å². The minimum Gasteiger partial charge on any atom is -0.497 e. The van der Waals surface area contributed by atoms with E-state index in [9.17, 15) is 18.0 Å². The number of nitrogens with one attached hydrogen (secondary N) is 2. The molecule has 0 radical (unpaired) electrons. The van der Waals surface area contributed by atoms with Crippen LogP contribution in [-0.2, 0) is 24.3 Å². The summed E-state index contributed by atoms with van der Waals surface area (Å²) >= 11 is 1.26. The summed E-state index contributed by atoms with van der Waals surface area (Å²) < 4.78 is 36.9. The summed E-state index contributed by atoms with van der Waals surface area (Å²) in [5.74, 6) is -0.791. The van der Waals surface area contributed by atoms with E-state index in [1.165, 1.54) is 50.1 Å². The maximum Gasteiger partial charge on any atom is 0.324 e. The molecule has 1 amide bonds. The number of methoxy groups -OCH3 is 1. The van der Waals surface area contributed by atoms with Gasteiger partial charge in [-0.05, 0) is 43.3 Å². The molecule has 0 aliphatic carbocycles. The van der Waals surface area contributed by atoms with Crippen molar-refractivity contribution in [3.63, 3.8) is 0 Å². The van der Waals surface area contributed by atoms with Gasteiger partial charge < -0.3 is 14.8 Å². The van der Waals surface area contributed by atoms with Crippen molar-refractivity contribution in [1.82, 2.24) is 4.72 Å². The standard InChI is InChI=1S/C20H21N3O6S2/c1-14(23-31(26,27)16-9-7-15(28-2)8-10-16)20(25)29-13-19(24)22-17-5-3-4-6-18(17)30-12-11-21/h3-10,14,23H,12-13H2,1-2H3,(H,22,24)/t14-/m0/s1. The van der Waals surface area contributed by atoms with Gasteiger partial charge in [0.15, 0.2) is 6.61 Å². The van der Waals surface area contributed by atoms with Gasteiger partial charge in [-0.3, -0.25) is 9.59 Å². The van der Waals surface area contributed by atoms with E-state index >= 15 is 0 Å². The quantitative estimate of drug-likeness (QED) is 0.404. The average molecular weight is 464 g/mol. The molecule has 0 aliphatic heterocycles. The third-order valence-electron chi connectivity index (χ3n) is 3.85. The SMILES string of the molecule is COc1ccc(S(=O)(=O)N[C@@H](C)C(=O)OCC(=O)Nc2ccccc2SCC#N)cc1. The highest BCUT2D eigenvalue weighted by molar-refractivity contribution is 7.99. The number of benzene rings is 2. The number of esters is 1. The molecule has 0 unspecified atom stereocenters. The largest absolute Gasteiger partial charge is 0.497 e. The summed E-state index contributed by atoms with van der Waals surface area (Å²) in [5.41, 5.74) is 0.483. The third-order valence-corrected chi connectivity index (χ3v) is 6.35. The second-order valence-electron chi connectivity index (χ2n) is 6.12. The lowest BCUT2D eigenvalue weighted by Crippen LogP contribution is -2.40. The zero-order chi connectivity index (χ0) is 22.9. The Morgan fingerprint density at radius 2 is 1.84 bits per heavy atom. The van der Waals surface area contributed by atoms with Crippen molar-refractivity contribution in [3.8, 4) is 11.8 Å². The summed E-state index contributed by atoms with van der Waals surface area (Å²) in [5, 5.41) is 11.3. The Hall–Kier alpha value is -3.07. The van der Waals surface area contributed by atoms with E-state index in [-0.39, 0.29) is 10.6 Å². The molecule has 1 atom stereocenters. The number of nitriles is 1. The van der Waals surface area contributed by atoms with E-state index < -0.39 is 34.5 Å². The van der Waals surface area contributed by atoms with Crippen LogP contribution in [0.15, 0.2) is 58.3 Å². The van der Waals surface area contributed by atoms with Crippen LogP contribution in [0.3, 0.4) is 0 Å². The maximum atomic E-state index is 12.4. The first-order valence-corrected chi connectivity index (χ1v) is 11.5. The number of hydrogen-bond donors (Lipinski definition) is 2. The maximum absolute atomic E-state index is 12.4. The number of ether oxygens (including phenoxy) is 2. The molecule has 2 rings (SSSR count). The normalized spacial score (nSPS) is 11.8. The fourth-order valence-corrected chi connectivity index (χ4v) is 4.22. The molecule has 0 bridgehead atoms. The van der Waals surface area contributed by atoms with Gasteiger partial charge in [0.2, 0.25) is 10.0 Å². The summed E-state index contributed by atoms with van der Waals surface area (Å²) in [7, 11) is -2.51. The number of nitrogens with zero attached hydrogens (tertiary/aromatic N) is 1. The van der Waals surface area contributed by atoms with Gasteiger partial charge in [0.1, 0.15) is 11.8 Å². The molecule has 2 N–H and O–H groups in total. The number of carbonyl (C=O) groups excluding carboxylic acids is 2. The Morgan fingerprint density at radius 3 is 2.48 bits per heavy atom. The van der Waals surface area contributed by atoms with E-state index in [0.29, 0.717) is 16.3 Å². The monoisotopic (exact) mass is 463 g/mol. The van der Waals surface area contributed by atoms with E-state index in [1.54, 1.807) is 24.3 Å². The van der Waals surface area contributed by atoms with Gasteiger partial charge in [-0.2, -0.15) is 9.98 Å². The first-order chi connectivity index (χ1) is 14.8. The number of thioether (sulfide) groups is 1. The lowest BCUT2D eigenvalue weighted by Gasteiger charge is -2.14. The number of hydrogen-bond acceptors (Lipinski definition) is 8. The second kappa shape index (κ2) is 11.4. The minimum atomic E-state index is -3.97. The number of rotatable bonds is 10. The lowest BCUT2D eigenvalue weighted by molar-refractivity contribution is -0.148. The van der Waals surface area contributed by atoms with Crippen molar-refractivity contribution in [3.05, 3.63) is 48.5 Å². The highest BCUT2D eigenvalue weighted by Gasteiger charge is 2.24. The van der Waals surface area contributed by atoms with Crippen LogP contribution in [-0.4, -0.2) is 45.8 Å². The van der Waals surface area contributed by atoms with Gasteiger partial charge in [-0.15, -0.1) is 11.8 Å². The molecule has 0 fully saturated rings. The van der Waals surface area contributed by atoms with Crippen molar-refractivity contribution >= 4 is 39.3 Å². The van der Waals surface area contributed by atoms with Crippen molar-refractivity contribution in [2.24, 2.45) is 0 Å². The number of sulfonamides is 1. The van der Waals surface area contributed by atoms with E-state index in [2.05, 4.69) is 10.0 Å². The van der Waals surface area contributed by atoms with Gasteiger partial charge >= 0.3 is 5.97 Å². The predicted octanol–water partition coefficient (Wildman–Crippen LogP) is 2.16. The molecule has 11 heteroatoms. The van der Waals surface area contributed by atoms with Crippen LogP contribution >= 0.6 is 11.8 Å². The molecule has 9 nitrogen and oxygen atoms in total. The van der Waals surface area contributed by atoms with Gasteiger partial charge in [0.25, 0.3) is 5.91 Å². The van der Waals surface area contributed by atoms with E-state index in [1.807, 2.05) is 6.07 Å². The molecule has 0 aliphatic rings. The Balaban J connectivity index is 1.90. The number of amides is 1. The predicted molar refractivity (Wildman–Crippen MR) is 115 cm³/mol. The Kier molecular flexibility index (Phi) is 8.87. The number of carbonyl (C=O) groups is 2. The Bertz CT molecular complexity index is 1070. The van der Waals surface area contributed by atoms with Crippen LogP contribution in [0.2, 0.25) is 0 Å². The van der Waals surface area contributed by atoms with Crippen LogP contribution in [0.5, 0.6) is 5.75 Å². The molecular weight excluding hydrogens is 442 g/mol. The number of anilines is 1. The molecule has 164 valence electrons. The first kappa shape index (κ1) is 24.2. The molecule has 0 heterocycles. The highest BCUT2D eigenvalue weighted by Crippen LogP contribution is 2.26. The summed E-state index contributed by atoms with van der Waals surface area (Å²) in [4.78, 5) is 24.9. The van der Waals surface area contributed by atoms with Gasteiger partial charge in [0.05, 0.1) is 29.5 Å². The van der Waals surface area contributed by atoms with Crippen molar-refractivity contribution in [2.75, 3.05) is 24.8 Å². The average Bonchev–Trinajstić information content (AvgIpc) is 2.76. The highest BCUT2D eigenvalue weighted by atomic mass is 32.2. The molecule has 0 saturated carbocycles. The first-order valence-electron chi connectivity index (χ1n) is 8.98. The molecule has 2 aromatic rings. The van der Waals surface area contributed by atoms with Gasteiger partial charge in [0, 0.05) is 4.90 Å². The van der Waals surface area contributed by atoms with Crippen LogP contribution in [0.1, 0.15) is 6.92 Å². The summed E-state index contributed by atoms with van der Waals surface area (Å²) in [6.07, 6.45) is 0. The minimum absolute atomic E-state index is 0.0443. The molecule has 0 saturated heterocycles. The van der Waals surface area contributed by atoms with Crippen LogP contribution < -0.4 is 14.8 Å². The van der Waals surface area contributed by atoms with Crippen LogP contribution in [0.4, 0.5) is 5.69 Å². The van der Waals surface area contributed by atoms with E-state index in [0.717, 1.165) is 0 Å². The summed E-state index contributed by atoms with van der Waals surface area (Å²) in [6, 6.07) is 13.3. The zero-order valence-corrected chi connectivity index (χ0v) is 18.5. The molecule has 0 aromatic heterocycles. The molecule has 0 spiro atoms.